The lowest BCUT2D eigenvalue weighted by Gasteiger charge is -2.29. The van der Waals surface area contributed by atoms with Crippen molar-refractivity contribution in [2.45, 2.75) is 141 Å². The number of benzene rings is 2. The van der Waals surface area contributed by atoms with Gasteiger partial charge in [0, 0.05) is 19.9 Å². The number of rotatable bonds is 28. The van der Waals surface area contributed by atoms with Gasteiger partial charge in [0.25, 0.3) is 0 Å². The summed E-state index contributed by atoms with van der Waals surface area (Å²) in [7, 11) is 2.92. The fourth-order valence-electron chi connectivity index (χ4n) is 5.91. The third-order valence-electron chi connectivity index (χ3n) is 9.12. The topological polar surface area (TPSA) is 102 Å². The highest BCUT2D eigenvalue weighted by molar-refractivity contribution is 5.93. The van der Waals surface area contributed by atoms with Crippen LogP contribution < -0.4 is 5.32 Å². The molecule has 0 saturated heterocycles. The zero-order valence-corrected chi connectivity index (χ0v) is 30.5. The smallest absolute Gasteiger partial charge is 0.305 e. The molecule has 0 fully saturated rings. The quantitative estimate of drug-likeness (QED) is 0.0720. The van der Waals surface area contributed by atoms with E-state index in [0.717, 1.165) is 30.4 Å². The molecular weight excluding hydrogens is 616 g/mol. The van der Waals surface area contributed by atoms with Gasteiger partial charge in [-0.05, 0) is 30.4 Å². The minimum Gasteiger partial charge on any atom is -0.469 e. The lowest BCUT2D eigenvalue weighted by molar-refractivity contribution is -0.143. The number of nitrogens with zero attached hydrogens (tertiary/aromatic N) is 1. The summed E-state index contributed by atoms with van der Waals surface area (Å²) in [4.78, 5) is 53.6. The molecule has 0 bridgehead atoms. The number of amides is 2. The average molecular weight is 679 g/mol. The summed E-state index contributed by atoms with van der Waals surface area (Å²) >= 11 is 0. The molecule has 0 aromatic heterocycles. The first-order valence-corrected chi connectivity index (χ1v) is 18.7. The molecule has 2 amide bonds. The normalized spacial score (nSPS) is 12.2. The second-order valence-electron chi connectivity index (χ2n) is 13.1. The second-order valence-corrected chi connectivity index (χ2v) is 13.1. The molecule has 0 aliphatic heterocycles. The van der Waals surface area contributed by atoms with E-state index in [-0.39, 0.29) is 31.1 Å². The van der Waals surface area contributed by atoms with Crippen molar-refractivity contribution in [2.75, 3.05) is 20.8 Å². The molecule has 2 aromatic rings. The molecule has 0 aliphatic rings. The summed E-state index contributed by atoms with van der Waals surface area (Å²) in [6.45, 7) is 2.53. The zero-order chi connectivity index (χ0) is 35.5. The molecule has 0 unspecified atom stereocenters. The van der Waals surface area contributed by atoms with Crippen molar-refractivity contribution in [1.29, 1.82) is 0 Å². The van der Waals surface area contributed by atoms with Crippen LogP contribution in [0.25, 0.3) is 0 Å². The van der Waals surface area contributed by atoms with Crippen molar-refractivity contribution in [3.63, 3.8) is 0 Å². The van der Waals surface area contributed by atoms with Crippen molar-refractivity contribution in [2.24, 2.45) is 0 Å². The number of ketones is 1. The first-order valence-electron chi connectivity index (χ1n) is 18.7. The highest BCUT2D eigenvalue weighted by Gasteiger charge is 2.30. The van der Waals surface area contributed by atoms with Gasteiger partial charge >= 0.3 is 5.97 Å². The summed E-state index contributed by atoms with van der Waals surface area (Å²) in [5.74, 6) is -1.30. The Kier molecular flexibility index (Phi) is 22.4. The molecule has 8 nitrogen and oxygen atoms in total. The predicted octanol–water partition coefficient (Wildman–Crippen LogP) is 8.15. The maximum Gasteiger partial charge on any atom is 0.305 e. The Morgan fingerprint density at radius 3 is 1.78 bits per heavy atom. The number of carbonyl (C=O) groups is 4. The number of esters is 1. The Morgan fingerprint density at radius 1 is 0.694 bits per heavy atom. The molecular formula is C41H62N2O6. The zero-order valence-electron chi connectivity index (χ0n) is 30.5. The van der Waals surface area contributed by atoms with Gasteiger partial charge in [-0.2, -0.15) is 0 Å². The van der Waals surface area contributed by atoms with Crippen LogP contribution in [0.2, 0.25) is 0 Å². The molecule has 1 N–H and O–H groups in total. The number of hydrogen-bond acceptors (Lipinski definition) is 6. The number of aryl methyl sites for hydroxylation is 1. The summed E-state index contributed by atoms with van der Waals surface area (Å²) in [5, 5.41) is 2.92. The summed E-state index contributed by atoms with van der Waals surface area (Å²) in [6, 6.07) is 17.7. The molecule has 0 radical (unpaired) electrons. The molecule has 0 saturated carbocycles. The minimum absolute atomic E-state index is 0.0106. The predicted molar refractivity (Wildman–Crippen MR) is 196 cm³/mol. The SMILES string of the molecule is CCCCCCCCCCCCCCCC(=O)N(C)[C@H](COCc1ccccc1)C(=O)N[C@H](CCc1ccccc1)C(=O)CCC(=O)OC. The Morgan fingerprint density at radius 2 is 1.22 bits per heavy atom. The van der Waals surface area contributed by atoms with Crippen molar-refractivity contribution in [3.05, 3.63) is 71.8 Å². The van der Waals surface area contributed by atoms with Crippen LogP contribution >= 0.6 is 0 Å². The molecule has 0 spiro atoms. The Hall–Kier alpha value is -3.52. The monoisotopic (exact) mass is 678 g/mol. The van der Waals surface area contributed by atoms with Gasteiger partial charge in [0.05, 0.1) is 32.8 Å². The van der Waals surface area contributed by atoms with Gasteiger partial charge in [-0.1, -0.05) is 145 Å². The first kappa shape index (κ1) is 41.7. The lowest BCUT2D eigenvalue weighted by Crippen LogP contribution is -2.54. The number of likely N-dealkylation sites (N-methyl/N-ethyl adjacent to an activating group) is 1. The van der Waals surface area contributed by atoms with Gasteiger partial charge in [-0.15, -0.1) is 0 Å². The van der Waals surface area contributed by atoms with Gasteiger partial charge in [0.15, 0.2) is 5.78 Å². The summed E-state index contributed by atoms with van der Waals surface area (Å²) in [6.07, 6.45) is 17.1. The maximum atomic E-state index is 13.8. The van der Waals surface area contributed by atoms with Crippen LogP contribution in [0.3, 0.4) is 0 Å². The standard InChI is InChI=1S/C41H62N2O6/c1-4-5-6-7-8-9-10-11-12-13-14-15-22-27-39(45)43(2)37(33-49-32-35-25-20-17-21-26-35)41(47)42-36(38(44)30-31-40(46)48-3)29-28-34-23-18-16-19-24-34/h16-21,23-26,36-37H,4-15,22,27-33H2,1-3H3,(H,42,47)/t36-,37-/m1/s1. The Labute approximate surface area is 295 Å². The Bertz CT molecular complexity index is 1190. The molecule has 0 aliphatic carbocycles. The third-order valence-corrected chi connectivity index (χ3v) is 9.12. The van der Waals surface area contributed by atoms with E-state index in [4.69, 9.17) is 9.47 Å². The van der Waals surface area contributed by atoms with Gasteiger partial charge < -0.3 is 19.7 Å². The number of ether oxygens (including phenoxy) is 2. The van der Waals surface area contributed by atoms with E-state index in [1.165, 1.54) is 76.2 Å². The number of carbonyl (C=O) groups excluding carboxylic acids is 4. The van der Waals surface area contributed by atoms with E-state index in [2.05, 4.69) is 12.2 Å². The largest absolute Gasteiger partial charge is 0.469 e. The number of Topliss-reactive ketones (excluding diaryl/α,β-unsaturated/α-hetero) is 1. The van der Waals surface area contributed by atoms with Crippen molar-refractivity contribution in [1.82, 2.24) is 10.2 Å². The fraction of sp³-hybridized carbons (Fsp3) is 0.610. The van der Waals surface area contributed by atoms with E-state index >= 15 is 0 Å². The molecule has 2 atom stereocenters. The van der Waals surface area contributed by atoms with Crippen molar-refractivity contribution in [3.8, 4) is 0 Å². The number of unbranched alkanes of at least 4 members (excludes halogenated alkanes) is 12. The third kappa shape index (κ3) is 18.7. The second kappa shape index (κ2) is 26.4. The molecule has 2 rings (SSSR count). The summed E-state index contributed by atoms with van der Waals surface area (Å²) in [5.41, 5.74) is 2.00. The van der Waals surface area contributed by atoms with E-state index < -0.39 is 24.0 Å². The number of nitrogens with one attached hydrogen (secondary N) is 1. The van der Waals surface area contributed by atoms with Crippen LogP contribution in [-0.2, 0) is 41.7 Å². The van der Waals surface area contributed by atoms with Crippen LogP contribution in [0, 0.1) is 0 Å². The lowest BCUT2D eigenvalue weighted by atomic mass is 9.99. The molecule has 49 heavy (non-hydrogen) atoms. The van der Waals surface area contributed by atoms with Crippen LogP contribution in [0.4, 0.5) is 0 Å². The first-order chi connectivity index (χ1) is 23.8. The highest BCUT2D eigenvalue weighted by Crippen LogP contribution is 2.15. The van der Waals surface area contributed by atoms with Gasteiger partial charge in [0.2, 0.25) is 11.8 Å². The number of hydrogen-bond donors (Lipinski definition) is 1. The molecule has 8 heteroatoms. The summed E-state index contributed by atoms with van der Waals surface area (Å²) < 4.78 is 10.7. The maximum absolute atomic E-state index is 13.8. The van der Waals surface area contributed by atoms with Gasteiger partial charge in [-0.25, -0.2) is 0 Å². The van der Waals surface area contributed by atoms with Crippen molar-refractivity contribution >= 4 is 23.6 Å². The van der Waals surface area contributed by atoms with E-state index in [9.17, 15) is 19.2 Å². The van der Waals surface area contributed by atoms with Crippen LogP contribution in [0.5, 0.6) is 0 Å². The highest BCUT2D eigenvalue weighted by atomic mass is 16.5. The fourth-order valence-corrected chi connectivity index (χ4v) is 5.91. The van der Waals surface area contributed by atoms with Crippen LogP contribution in [0.15, 0.2) is 60.7 Å². The van der Waals surface area contributed by atoms with E-state index in [1.54, 1.807) is 7.05 Å². The molecule has 2 aromatic carbocycles. The van der Waals surface area contributed by atoms with Crippen LogP contribution in [0.1, 0.15) is 127 Å². The van der Waals surface area contributed by atoms with E-state index in [0.29, 0.717) is 25.9 Å². The van der Waals surface area contributed by atoms with Gasteiger partial charge in [-0.3, -0.25) is 19.2 Å². The molecule has 272 valence electrons. The van der Waals surface area contributed by atoms with Crippen LogP contribution in [-0.4, -0.2) is 61.3 Å². The van der Waals surface area contributed by atoms with Gasteiger partial charge in [0.1, 0.15) is 6.04 Å². The minimum atomic E-state index is -0.911. The average Bonchev–Trinajstić information content (AvgIpc) is 3.12. The van der Waals surface area contributed by atoms with E-state index in [1.807, 2.05) is 60.7 Å². The number of methoxy groups -OCH3 is 1. The molecule has 0 heterocycles. The Balaban J connectivity index is 1.94. The van der Waals surface area contributed by atoms with Crippen molar-refractivity contribution < 1.29 is 28.7 Å².